The number of benzene rings is 2. The fourth-order valence-corrected chi connectivity index (χ4v) is 3.48. The summed E-state index contributed by atoms with van der Waals surface area (Å²) in [7, 11) is 0. The summed E-state index contributed by atoms with van der Waals surface area (Å²) in [5.41, 5.74) is 2.40. The molecule has 1 fully saturated rings. The number of morpholine rings is 1. The molecule has 28 heavy (non-hydrogen) atoms. The summed E-state index contributed by atoms with van der Waals surface area (Å²) in [4.78, 5) is 23.0. The minimum absolute atomic E-state index is 0.0361. The molecule has 1 aliphatic rings. The summed E-state index contributed by atoms with van der Waals surface area (Å²) in [6, 6.07) is 12.0. The average Bonchev–Trinajstić information content (AvgIpc) is 2.67. The van der Waals surface area contributed by atoms with Gasteiger partial charge in [-0.05, 0) is 44.2 Å². The van der Waals surface area contributed by atoms with Crippen LogP contribution < -0.4 is 10.2 Å². The predicted octanol–water partition coefficient (Wildman–Crippen LogP) is 3.63. The molecule has 0 saturated carbocycles. The molecule has 4 rings (SSSR count). The first-order chi connectivity index (χ1) is 13.5. The highest BCUT2D eigenvalue weighted by molar-refractivity contribution is 6.03. The van der Waals surface area contributed by atoms with E-state index in [4.69, 9.17) is 4.74 Å². The number of nitrogens with one attached hydrogen (secondary N) is 1. The molecule has 1 N–H and O–H groups in total. The molecular weight excluding hydrogens is 359 g/mol. The van der Waals surface area contributed by atoms with Crippen molar-refractivity contribution in [3.8, 4) is 0 Å². The minimum atomic E-state index is -0.431. The van der Waals surface area contributed by atoms with Crippen molar-refractivity contribution in [2.45, 2.75) is 26.1 Å². The van der Waals surface area contributed by atoms with Crippen LogP contribution in [0.2, 0.25) is 0 Å². The van der Waals surface area contributed by atoms with E-state index in [0.717, 1.165) is 0 Å². The molecule has 0 spiro atoms. The smallest absolute Gasteiger partial charge is 0.275 e. The SMILES string of the molecule is C[C@@H]1CN(c2ccc(NC(=O)c3cnc4ccccc4n3)cc2F)C[C@@H](C)O1. The number of hydrogen-bond acceptors (Lipinski definition) is 5. The minimum Gasteiger partial charge on any atom is -0.372 e. The van der Waals surface area contributed by atoms with Crippen molar-refractivity contribution in [1.29, 1.82) is 0 Å². The average molecular weight is 380 g/mol. The van der Waals surface area contributed by atoms with Crippen molar-refractivity contribution >= 4 is 28.3 Å². The number of halogens is 1. The van der Waals surface area contributed by atoms with E-state index >= 15 is 0 Å². The molecule has 0 radical (unpaired) electrons. The molecule has 6 nitrogen and oxygen atoms in total. The van der Waals surface area contributed by atoms with Crippen LogP contribution in [-0.2, 0) is 4.74 Å². The van der Waals surface area contributed by atoms with Gasteiger partial charge in [0.15, 0.2) is 0 Å². The van der Waals surface area contributed by atoms with E-state index < -0.39 is 5.91 Å². The van der Waals surface area contributed by atoms with Crippen LogP contribution >= 0.6 is 0 Å². The lowest BCUT2D eigenvalue weighted by atomic mass is 10.2. The summed E-state index contributed by atoms with van der Waals surface area (Å²) in [6.07, 6.45) is 1.49. The van der Waals surface area contributed by atoms with Gasteiger partial charge in [-0.2, -0.15) is 0 Å². The number of fused-ring (bicyclic) bond motifs is 1. The number of amides is 1. The lowest BCUT2D eigenvalue weighted by Gasteiger charge is -2.37. The Hall–Kier alpha value is -3.06. The van der Waals surface area contributed by atoms with Crippen LogP contribution in [0.5, 0.6) is 0 Å². The molecule has 2 aromatic carbocycles. The van der Waals surface area contributed by atoms with E-state index in [-0.39, 0.29) is 23.7 Å². The van der Waals surface area contributed by atoms with E-state index in [2.05, 4.69) is 15.3 Å². The Morgan fingerprint density at radius 3 is 2.57 bits per heavy atom. The third-order valence-electron chi connectivity index (χ3n) is 4.65. The zero-order valence-corrected chi connectivity index (χ0v) is 15.7. The van der Waals surface area contributed by atoms with Crippen molar-refractivity contribution < 1.29 is 13.9 Å². The maximum absolute atomic E-state index is 14.7. The highest BCUT2D eigenvalue weighted by Crippen LogP contribution is 2.26. The number of rotatable bonds is 3. The molecule has 0 bridgehead atoms. The van der Waals surface area contributed by atoms with Crippen LogP contribution in [0.25, 0.3) is 11.0 Å². The van der Waals surface area contributed by atoms with Gasteiger partial charge in [0, 0.05) is 18.8 Å². The Balaban J connectivity index is 1.51. The number of carbonyl (C=O) groups excluding carboxylic acids is 1. The van der Waals surface area contributed by atoms with Crippen molar-refractivity contribution in [3.05, 3.63) is 60.2 Å². The second kappa shape index (κ2) is 7.52. The standard InChI is InChI=1S/C21H21FN4O2/c1-13-11-26(12-14(2)28-13)20-8-7-15(9-16(20)22)24-21(27)19-10-23-17-5-3-4-6-18(17)25-19/h3-10,13-14H,11-12H2,1-2H3,(H,24,27)/t13-,14-/m1/s1. The van der Waals surface area contributed by atoms with Crippen LogP contribution in [0.3, 0.4) is 0 Å². The predicted molar refractivity (Wildman–Crippen MR) is 106 cm³/mol. The van der Waals surface area contributed by atoms with Gasteiger partial charge in [0.2, 0.25) is 0 Å². The molecule has 3 aromatic rings. The first-order valence-electron chi connectivity index (χ1n) is 9.22. The van der Waals surface area contributed by atoms with Crippen molar-refractivity contribution in [2.24, 2.45) is 0 Å². The van der Waals surface area contributed by atoms with E-state index in [1.54, 1.807) is 18.2 Å². The van der Waals surface area contributed by atoms with Gasteiger partial charge in [0.25, 0.3) is 5.91 Å². The van der Waals surface area contributed by atoms with Crippen molar-refractivity contribution in [1.82, 2.24) is 9.97 Å². The van der Waals surface area contributed by atoms with Crippen molar-refractivity contribution in [3.63, 3.8) is 0 Å². The molecular formula is C21H21FN4O2. The molecule has 0 unspecified atom stereocenters. The van der Waals surface area contributed by atoms with E-state index in [9.17, 15) is 9.18 Å². The van der Waals surface area contributed by atoms with Gasteiger partial charge in [-0.3, -0.25) is 9.78 Å². The number of anilines is 2. The van der Waals surface area contributed by atoms with Gasteiger partial charge in [-0.1, -0.05) is 12.1 Å². The summed E-state index contributed by atoms with van der Waals surface area (Å²) in [6.45, 7) is 5.19. The second-order valence-electron chi connectivity index (χ2n) is 7.03. The molecule has 2 atom stereocenters. The van der Waals surface area contributed by atoms with Gasteiger partial charge in [0.05, 0.1) is 35.1 Å². The maximum Gasteiger partial charge on any atom is 0.275 e. The van der Waals surface area contributed by atoms with E-state index in [1.165, 1.54) is 12.3 Å². The number of hydrogen-bond donors (Lipinski definition) is 1. The van der Waals surface area contributed by atoms with E-state index in [0.29, 0.717) is 35.5 Å². The first kappa shape index (κ1) is 18.3. The maximum atomic E-state index is 14.7. The highest BCUT2D eigenvalue weighted by atomic mass is 19.1. The molecule has 1 aromatic heterocycles. The lowest BCUT2D eigenvalue weighted by molar-refractivity contribution is -0.00539. The van der Waals surface area contributed by atoms with Crippen LogP contribution in [0.15, 0.2) is 48.7 Å². The second-order valence-corrected chi connectivity index (χ2v) is 7.03. The Morgan fingerprint density at radius 2 is 1.86 bits per heavy atom. The Labute approximate surface area is 162 Å². The highest BCUT2D eigenvalue weighted by Gasteiger charge is 2.24. The fourth-order valence-electron chi connectivity index (χ4n) is 3.48. The number of carbonyl (C=O) groups is 1. The fraction of sp³-hybridized carbons (Fsp3) is 0.286. The molecule has 1 aliphatic heterocycles. The first-order valence-corrected chi connectivity index (χ1v) is 9.22. The Morgan fingerprint density at radius 1 is 1.14 bits per heavy atom. The van der Waals surface area contributed by atoms with Gasteiger partial charge in [-0.25, -0.2) is 9.37 Å². The zero-order valence-electron chi connectivity index (χ0n) is 15.7. The lowest BCUT2D eigenvalue weighted by Crippen LogP contribution is -2.45. The molecule has 2 heterocycles. The van der Waals surface area contributed by atoms with Crippen LogP contribution in [0.4, 0.5) is 15.8 Å². The quantitative estimate of drug-likeness (QED) is 0.752. The van der Waals surface area contributed by atoms with Crippen LogP contribution in [0, 0.1) is 5.82 Å². The zero-order chi connectivity index (χ0) is 19.7. The van der Waals surface area contributed by atoms with Gasteiger partial charge in [0.1, 0.15) is 11.5 Å². The molecule has 7 heteroatoms. The summed E-state index contributed by atoms with van der Waals surface area (Å²) in [5, 5.41) is 2.69. The Kier molecular flexibility index (Phi) is 4.92. The van der Waals surface area contributed by atoms with E-state index in [1.807, 2.05) is 36.9 Å². The van der Waals surface area contributed by atoms with Crippen LogP contribution in [-0.4, -0.2) is 41.2 Å². The Bertz CT molecular complexity index is 1020. The molecule has 1 saturated heterocycles. The summed E-state index contributed by atoms with van der Waals surface area (Å²) < 4.78 is 20.4. The molecule has 0 aliphatic carbocycles. The number of aromatic nitrogens is 2. The summed E-state index contributed by atoms with van der Waals surface area (Å²) >= 11 is 0. The van der Waals surface area contributed by atoms with Crippen molar-refractivity contribution in [2.75, 3.05) is 23.3 Å². The summed E-state index contributed by atoms with van der Waals surface area (Å²) in [5.74, 6) is -0.817. The monoisotopic (exact) mass is 380 g/mol. The number of ether oxygens (including phenoxy) is 1. The number of para-hydroxylation sites is 2. The third kappa shape index (κ3) is 3.80. The van der Waals surface area contributed by atoms with Gasteiger partial charge < -0.3 is 15.0 Å². The third-order valence-corrected chi connectivity index (χ3v) is 4.65. The topological polar surface area (TPSA) is 67.4 Å². The molecule has 1 amide bonds. The molecule has 144 valence electrons. The van der Waals surface area contributed by atoms with Crippen LogP contribution in [0.1, 0.15) is 24.3 Å². The largest absolute Gasteiger partial charge is 0.372 e. The van der Waals surface area contributed by atoms with Gasteiger partial charge >= 0.3 is 0 Å². The number of nitrogens with zero attached hydrogens (tertiary/aromatic N) is 3. The van der Waals surface area contributed by atoms with Gasteiger partial charge in [-0.15, -0.1) is 0 Å². The normalized spacial score (nSPS) is 19.6.